The van der Waals surface area contributed by atoms with Gasteiger partial charge in [-0.05, 0) is 48.9 Å². The molecule has 0 aromatic heterocycles. The van der Waals surface area contributed by atoms with E-state index in [-0.39, 0.29) is 12.2 Å². The Labute approximate surface area is 185 Å². The summed E-state index contributed by atoms with van der Waals surface area (Å²) in [5.74, 6) is -1.12. The summed E-state index contributed by atoms with van der Waals surface area (Å²) in [6.07, 6.45) is 0.651. The van der Waals surface area contributed by atoms with Crippen LogP contribution >= 0.6 is 0 Å². The number of carbonyl (C=O) groups excluding carboxylic acids is 3. The van der Waals surface area contributed by atoms with Crippen LogP contribution in [0, 0.1) is 0 Å². The standard InChI is InChI=1S/C25H22N2O5/c1-3-31-25(30)16(2)32-22-14-13-17-9-7-8-12-19(17)20(22)15-21-23(28)26-27(24(21)29)18-10-5-4-6-11-18/h4-16H,3H2,1-2H3,(H,26,28)/b21-15-/t16-/m0/s1. The van der Waals surface area contributed by atoms with E-state index in [0.717, 1.165) is 10.8 Å². The van der Waals surface area contributed by atoms with Gasteiger partial charge >= 0.3 is 5.97 Å². The Hall–Kier alpha value is -4.13. The molecule has 1 fully saturated rings. The molecule has 1 aliphatic rings. The maximum absolute atomic E-state index is 13.0. The molecule has 1 atom stereocenters. The molecule has 0 spiro atoms. The third kappa shape index (κ3) is 4.05. The minimum atomic E-state index is -0.859. The van der Waals surface area contributed by atoms with Crippen molar-refractivity contribution in [2.45, 2.75) is 20.0 Å². The highest BCUT2D eigenvalue weighted by Crippen LogP contribution is 2.32. The second-order valence-corrected chi connectivity index (χ2v) is 7.19. The largest absolute Gasteiger partial charge is 0.478 e. The zero-order valence-corrected chi connectivity index (χ0v) is 17.7. The summed E-state index contributed by atoms with van der Waals surface area (Å²) >= 11 is 0. The Kier molecular flexibility index (Phi) is 5.89. The van der Waals surface area contributed by atoms with Gasteiger partial charge in [0, 0.05) is 5.56 Å². The van der Waals surface area contributed by atoms with Gasteiger partial charge in [0.05, 0.1) is 12.3 Å². The lowest BCUT2D eigenvalue weighted by Gasteiger charge is -2.17. The van der Waals surface area contributed by atoms with Crippen molar-refractivity contribution >= 4 is 40.3 Å². The number of benzene rings is 3. The van der Waals surface area contributed by atoms with Gasteiger partial charge in [0.15, 0.2) is 6.10 Å². The predicted octanol–water partition coefficient (Wildman–Crippen LogP) is 3.63. The minimum Gasteiger partial charge on any atom is -0.478 e. The van der Waals surface area contributed by atoms with Gasteiger partial charge in [-0.1, -0.05) is 48.5 Å². The van der Waals surface area contributed by atoms with Gasteiger partial charge in [-0.2, -0.15) is 0 Å². The van der Waals surface area contributed by atoms with Crippen LogP contribution in [0.4, 0.5) is 5.69 Å². The number of hydrogen-bond acceptors (Lipinski definition) is 5. The number of ether oxygens (including phenoxy) is 2. The zero-order valence-electron chi connectivity index (χ0n) is 17.7. The first-order chi connectivity index (χ1) is 15.5. The Bertz CT molecular complexity index is 1220. The average molecular weight is 430 g/mol. The molecular weight excluding hydrogens is 408 g/mol. The monoisotopic (exact) mass is 430 g/mol. The Morgan fingerprint density at radius 3 is 2.50 bits per heavy atom. The lowest BCUT2D eigenvalue weighted by atomic mass is 10.0. The molecule has 0 radical (unpaired) electrons. The van der Waals surface area contributed by atoms with E-state index >= 15 is 0 Å². The molecule has 0 saturated carbocycles. The van der Waals surface area contributed by atoms with E-state index in [2.05, 4.69) is 5.43 Å². The molecule has 0 aliphatic carbocycles. The lowest BCUT2D eigenvalue weighted by Crippen LogP contribution is -2.35. The third-order valence-electron chi connectivity index (χ3n) is 5.05. The molecule has 1 N–H and O–H groups in total. The molecule has 7 nitrogen and oxygen atoms in total. The van der Waals surface area contributed by atoms with Crippen molar-refractivity contribution in [1.82, 2.24) is 5.43 Å². The van der Waals surface area contributed by atoms with Gasteiger partial charge in [0.1, 0.15) is 11.3 Å². The number of carbonyl (C=O) groups is 3. The second kappa shape index (κ2) is 8.93. The summed E-state index contributed by atoms with van der Waals surface area (Å²) in [7, 11) is 0. The molecule has 4 rings (SSSR count). The van der Waals surface area contributed by atoms with E-state index in [0.29, 0.717) is 17.0 Å². The van der Waals surface area contributed by atoms with E-state index < -0.39 is 23.9 Å². The maximum atomic E-state index is 13.0. The number of hydrazine groups is 1. The van der Waals surface area contributed by atoms with E-state index in [1.807, 2.05) is 36.4 Å². The van der Waals surface area contributed by atoms with Crippen LogP contribution in [0.25, 0.3) is 16.8 Å². The van der Waals surface area contributed by atoms with Crippen LogP contribution in [0.3, 0.4) is 0 Å². The van der Waals surface area contributed by atoms with Crippen molar-refractivity contribution in [2.24, 2.45) is 0 Å². The molecule has 0 bridgehead atoms. The zero-order chi connectivity index (χ0) is 22.7. The Morgan fingerprint density at radius 2 is 1.75 bits per heavy atom. The van der Waals surface area contributed by atoms with E-state index in [4.69, 9.17) is 9.47 Å². The van der Waals surface area contributed by atoms with Gasteiger partial charge in [-0.3, -0.25) is 15.0 Å². The minimum absolute atomic E-state index is 0.0288. The predicted molar refractivity (Wildman–Crippen MR) is 121 cm³/mol. The number of hydrogen-bond donors (Lipinski definition) is 1. The van der Waals surface area contributed by atoms with Crippen LogP contribution in [-0.4, -0.2) is 30.5 Å². The van der Waals surface area contributed by atoms with Gasteiger partial charge < -0.3 is 9.47 Å². The van der Waals surface area contributed by atoms with Crippen LogP contribution in [0.5, 0.6) is 5.75 Å². The number of anilines is 1. The number of fused-ring (bicyclic) bond motifs is 1. The summed E-state index contributed by atoms with van der Waals surface area (Å²) in [4.78, 5) is 37.8. The summed E-state index contributed by atoms with van der Waals surface area (Å²) < 4.78 is 10.9. The van der Waals surface area contributed by atoms with Gasteiger partial charge in [-0.15, -0.1) is 0 Å². The first-order valence-electron chi connectivity index (χ1n) is 10.3. The second-order valence-electron chi connectivity index (χ2n) is 7.19. The van der Waals surface area contributed by atoms with E-state index in [1.165, 1.54) is 11.1 Å². The van der Waals surface area contributed by atoms with E-state index in [1.54, 1.807) is 44.2 Å². The molecule has 32 heavy (non-hydrogen) atoms. The molecule has 162 valence electrons. The number of esters is 1. The van der Waals surface area contributed by atoms with Crippen molar-refractivity contribution in [3.63, 3.8) is 0 Å². The number of nitrogens with one attached hydrogen (secondary N) is 1. The van der Waals surface area contributed by atoms with Crippen molar-refractivity contribution in [3.05, 3.63) is 77.9 Å². The topological polar surface area (TPSA) is 84.9 Å². The Balaban J connectivity index is 1.77. The van der Waals surface area contributed by atoms with Crippen molar-refractivity contribution in [1.29, 1.82) is 0 Å². The molecule has 3 aromatic rings. The van der Waals surface area contributed by atoms with Gasteiger partial charge in [0.25, 0.3) is 11.8 Å². The molecule has 1 heterocycles. The summed E-state index contributed by atoms with van der Waals surface area (Å²) in [5, 5.41) is 2.90. The smallest absolute Gasteiger partial charge is 0.347 e. The first-order valence-corrected chi connectivity index (χ1v) is 10.3. The molecule has 0 unspecified atom stereocenters. The van der Waals surface area contributed by atoms with Crippen LogP contribution in [0.15, 0.2) is 72.3 Å². The summed E-state index contributed by atoms with van der Waals surface area (Å²) in [6, 6.07) is 20.0. The fourth-order valence-electron chi connectivity index (χ4n) is 3.49. The number of amides is 2. The number of rotatable bonds is 6. The van der Waals surface area contributed by atoms with Crippen LogP contribution in [-0.2, 0) is 19.1 Å². The molecule has 2 amide bonds. The quantitative estimate of drug-likeness (QED) is 0.367. The SMILES string of the molecule is CCOC(=O)[C@H](C)Oc1ccc2ccccc2c1/C=C1/C(=O)NN(c2ccccc2)C1=O. The van der Waals surface area contributed by atoms with Crippen molar-refractivity contribution < 1.29 is 23.9 Å². The third-order valence-corrected chi connectivity index (χ3v) is 5.05. The van der Waals surface area contributed by atoms with Gasteiger partial charge in [-0.25, -0.2) is 9.80 Å². The van der Waals surface area contributed by atoms with Crippen LogP contribution in [0.2, 0.25) is 0 Å². The van der Waals surface area contributed by atoms with Gasteiger partial charge in [0.2, 0.25) is 0 Å². The normalized spacial score (nSPS) is 15.7. The molecule has 1 aliphatic heterocycles. The summed E-state index contributed by atoms with van der Waals surface area (Å²) in [5.41, 5.74) is 3.66. The van der Waals surface area contributed by atoms with Crippen LogP contribution < -0.4 is 15.2 Å². The molecule has 1 saturated heterocycles. The fourth-order valence-corrected chi connectivity index (χ4v) is 3.49. The highest BCUT2D eigenvalue weighted by Gasteiger charge is 2.35. The highest BCUT2D eigenvalue weighted by atomic mass is 16.6. The fraction of sp³-hybridized carbons (Fsp3) is 0.160. The van der Waals surface area contributed by atoms with Crippen LogP contribution in [0.1, 0.15) is 19.4 Å². The Morgan fingerprint density at radius 1 is 1.03 bits per heavy atom. The molecular formula is C25H22N2O5. The number of para-hydroxylation sites is 1. The highest BCUT2D eigenvalue weighted by molar-refractivity contribution is 6.32. The lowest BCUT2D eigenvalue weighted by molar-refractivity contribution is -0.150. The first kappa shape index (κ1) is 21.1. The average Bonchev–Trinajstić information content (AvgIpc) is 3.09. The number of nitrogens with zero attached hydrogens (tertiary/aromatic N) is 1. The van der Waals surface area contributed by atoms with Crippen molar-refractivity contribution in [2.75, 3.05) is 11.6 Å². The molecule has 3 aromatic carbocycles. The molecule has 7 heteroatoms. The summed E-state index contributed by atoms with van der Waals surface area (Å²) in [6.45, 7) is 3.55. The van der Waals surface area contributed by atoms with E-state index in [9.17, 15) is 14.4 Å². The van der Waals surface area contributed by atoms with Crippen molar-refractivity contribution in [3.8, 4) is 5.75 Å². The maximum Gasteiger partial charge on any atom is 0.347 e.